The summed E-state index contributed by atoms with van der Waals surface area (Å²) in [5, 5.41) is 7.43. The Morgan fingerprint density at radius 2 is 1.80 bits per heavy atom. The largest absolute Gasteiger partial charge is 0.326 e. The molecule has 0 radical (unpaired) electrons. The van der Waals surface area contributed by atoms with Crippen LogP contribution in [0.25, 0.3) is 0 Å². The first kappa shape index (κ1) is 19.0. The molecule has 2 N–H and O–H groups in total. The third kappa shape index (κ3) is 5.59. The molecular weight excluding hydrogens is 361 g/mol. The van der Waals surface area contributed by atoms with Crippen LogP contribution < -0.4 is 10.7 Å². The summed E-state index contributed by atoms with van der Waals surface area (Å²) in [4.78, 5) is 24.1. The van der Waals surface area contributed by atoms with Crippen molar-refractivity contribution in [2.24, 2.45) is 5.10 Å². The lowest BCUT2D eigenvalue weighted by molar-refractivity contribution is -0.115. The predicted octanol–water partition coefficient (Wildman–Crippen LogP) is 4.44. The Morgan fingerprint density at radius 1 is 1.08 bits per heavy atom. The molecule has 0 aliphatic heterocycles. The number of aryl methyl sites for hydroxylation is 1. The molecule has 2 aromatic carbocycles. The second-order valence-electron chi connectivity index (χ2n) is 5.46. The summed E-state index contributed by atoms with van der Waals surface area (Å²) in [5.41, 5.74) is 4.86. The van der Waals surface area contributed by atoms with Crippen molar-refractivity contribution in [1.29, 1.82) is 0 Å². The Bertz CT molecular complexity index is 835. The van der Waals surface area contributed by atoms with Crippen molar-refractivity contribution < 1.29 is 9.59 Å². The number of halogens is 2. The number of rotatable bonds is 5. The SMILES string of the molecule is C/C(CC(=O)Nc1ccc(Cl)c(Cl)c1)=N/NC(=O)c1ccccc1C. The summed E-state index contributed by atoms with van der Waals surface area (Å²) in [6.45, 7) is 3.50. The molecule has 7 heteroatoms. The van der Waals surface area contributed by atoms with Gasteiger partial charge in [0.05, 0.1) is 16.5 Å². The Balaban J connectivity index is 1.92. The highest BCUT2D eigenvalue weighted by atomic mass is 35.5. The average Bonchev–Trinajstić information content (AvgIpc) is 2.56. The van der Waals surface area contributed by atoms with Crippen molar-refractivity contribution in [2.45, 2.75) is 20.3 Å². The van der Waals surface area contributed by atoms with E-state index in [1.807, 2.05) is 19.1 Å². The lowest BCUT2D eigenvalue weighted by Gasteiger charge is -2.07. The number of carbonyl (C=O) groups excluding carboxylic acids is 2. The maximum Gasteiger partial charge on any atom is 0.271 e. The average molecular weight is 378 g/mol. The lowest BCUT2D eigenvalue weighted by atomic mass is 10.1. The van der Waals surface area contributed by atoms with E-state index in [0.29, 0.717) is 27.0 Å². The normalized spacial score (nSPS) is 11.1. The number of amides is 2. The Kier molecular flexibility index (Phi) is 6.56. The molecule has 0 aliphatic carbocycles. The minimum absolute atomic E-state index is 0.0360. The van der Waals surface area contributed by atoms with Crippen LogP contribution in [-0.4, -0.2) is 17.5 Å². The van der Waals surface area contributed by atoms with Crippen molar-refractivity contribution in [2.75, 3.05) is 5.32 Å². The van der Waals surface area contributed by atoms with Crippen molar-refractivity contribution >= 4 is 46.4 Å². The fourth-order valence-corrected chi connectivity index (χ4v) is 2.38. The van der Waals surface area contributed by atoms with Gasteiger partial charge in [-0.1, -0.05) is 41.4 Å². The van der Waals surface area contributed by atoms with Crippen LogP contribution >= 0.6 is 23.2 Å². The lowest BCUT2D eigenvalue weighted by Crippen LogP contribution is -2.22. The summed E-state index contributed by atoms with van der Waals surface area (Å²) in [6, 6.07) is 12.0. The van der Waals surface area contributed by atoms with Gasteiger partial charge in [0.1, 0.15) is 0 Å². The van der Waals surface area contributed by atoms with E-state index < -0.39 is 0 Å². The van der Waals surface area contributed by atoms with Crippen LogP contribution in [0.2, 0.25) is 10.0 Å². The third-order valence-electron chi connectivity index (χ3n) is 3.36. The summed E-state index contributed by atoms with van der Waals surface area (Å²) in [7, 11) is 0. The number of benzene rings is 2. The molecule has 0 saturated heterocycles. The van der Waals surface area contributed by atoms with Crippen LogP contribution in [0.5, 0.6) is 0 Å². The van der Waals surface area contributed by atoms with Crippen LogP contribution in [-0.2, 0) is 4.79 Å². The molecule has 0 spiro atoms. The fraction of sp³-hybridized carbons (Fsp3) is 0.167. The maximum absolute atomic E-state index is 12.1. The fourth-order valence-electron chi connectivity index (χ4n) is 2.09. The highest BCUT2D eigenvalue weighted by Gasteiger charge is 2.09. The van der Waals surface area contributed by atoms with Crippen molar-refractivity contribution in [3.8, 4) is 0 Å². The van der Waals surface area contributed by atoms with Gasteiger partial charge in [-0.15, -0.1) is 0 Å². The molecule has 0 aromatic heterocycles. The van der Waals surface area contributed by atoms with Gasteiger partial charge < -0.3 is 5.32 Å². The van der Waals surface area contributed by atoms with Gasteiger partial charge in [0.2, 0.25) is 5.91 Å². The zero-order valence-electron chi connectivity index (χ0n) is 13.8. The number of nitrogens with one attached hydrogen (secondary N) is 2. The first-order chi connectivity index (χ1) is 11.9. The first-order valence-electron chi connectivity index (χ1n) is 7.51. The second-order valence-corrected chi connectivity index (χ2v) is 6.27. The standard InChI is InChI=1S/C18H17Cl2N3O2/c1-11-5-3-4-6-14(11)18(25)23-22-12(2)9-17(24)21-13-7-8-15(19)16(20)10-13/h3-8,10H,9H2,1-2H3,(H,21,24)(H,23,25)/b22-12-. The smallest absolute Gasteiger partial charge is 0.271 e. The zero-order chi connectivity index (χ0) is 18.4. The van der Waals surface area contributed by atoms with E-state index in [9.17, 15) is 9.59 Å². The highest BCUT2D eigenvalue weighted by Crippen LogP contribution is 2.25. The molecule has 25 heavy (non-hydrogen) atoms. The maximum atomic E-state index is 12.1. The summed E-state index contributed by atoms with van der Waals surface area (Å²) < 4.78 is 0. The minimum Gasteiger partial charge on any atom is -0.326 e. The van der Waals surface area contributed by atoms with E-state index in [1.54, 1.807) is 37.3 Å². The monoisotopic (exact) mass is 377 g/mol. The Hall–Kier alpha value is -2.37. The van der Waals surface area contributed by atoms with E-state index in [4.69, 9.17) is 23.2 Å². The number of carbonyl (C=O) groups is 2. The molecule has 0 unspecified atom stereocenters. The molecule has 0 heterocycles. The molecule has 2 rings (SSSR count). The molecule has 0 bridgehead atoms. The summed E-state index contributed by atoms with van der Waals surface area (Å²) in [5.74, 6) is -0.591. The highest BCUT2D eigenvalue weighted by molar-refractivity contribution is 6.42. The molecule has 0 fully saturated rings. The van der Waals surface area contributed by atoms with Crippen molar-refractivity contribution in [3.63, 3.8) is 0 Å². The molecule has 0 saturated carbocycles. The molecule has 5 nitrogen and oxygen atoms in total. The number of hydrogen-bond acceptors (Lipinski definition) is 3. The van der Waals surface area contributed by atoms with Gasteiger partial charge in [0.15, 0.2) is 0 Å². The van der Waals surface area contributed by atoms with E-state index in [1.165, 1.54) is 0 Å². The van der Waals surface area contributed by atoms with Crippen molar-refractivity contribution in [1.82, 2.24) is 5.43 Å². The molecular formula is C18H17Cl2N3O2. The van der Waals surface area contributed by atoms with Crippen LogP contribution in [0.1, 0.15) is 29.3 Å². The van der Waals surface area contributed by atoms with Gasteiger partial charge in [0, 0.05) is 17.0 Å². The zero-order valence-corrected chi connectivity index (χ0v) is 15.3. The van der Waals surface area contributed by atoms with E-state index in [0.717, 1.165) is 5.56 Å². The quantitative estimate of drug-likeness (QED) is 0.597. The second kappa shape index (κ2) is 8.65. The minimum atomic E-state index is -0.317. The molecule has 0 aliphatic rings. The summed E-state index contributed by atoms with van der Waals surface area (Å²) in [6.07, 6.45) is 0.0360. The first-order valence-corrected chi connectivity index (χ1v) is 8.26. The number of nitrogens with zero attached hydrogens (tertiary/aromatic N) is 1. The topological polar surface area (TPSA) is 70.6 Å². The van der Waals surface area contributed by atoms with Gasteiger partial charge in [-0.2, -0.15) is 5.10 Å². The van der Waals surface area contributed by atoms with Gasteiger partial charge in [0.25, 0.3) is 5.91 Å². The Labute approximate surface area is 156 Å². The molecule has 2 amide bonds. The molecule has 130 valence electrons. The van der Waals surface area contributed by atoms with Gasteiger partial charge >= 0.3 is 0 Å². The Morgan fingerprint density at radius 3 is 2.48 bits per heavy atom. The molecule has 2 aromatic rings. The molecule has 0 atom stereocenters. The van der Waals surface area contributed by atoms with E-state index in [2.05, 4.69) is 15.8 Å². The van der Waals surface area contributed by atoms with Crippen molar-refractivity contribution in [3.05, 3.63) is 63.6 Å². The van der Waals surface area contributed by atoms with Crippen LogP contribution in [0.4, 0.5) is 5.69 Å². The van der Waals surface area contributed by atoms with Crippen LogP contribution in [0.15, 0.2) is 47.6 Å². The summed E-state index contributed by atoms with van der Waals surface area (Å²) >= 11 is 11.7. The predicted molar refractivity (Wildman–Crippen MR) is 101 cm³/mol. The number of hydrazone groups is 1. The van der Waals surface area contributed by atoms with Gasteiger partial charge in [-0.25, -0.2) is 5.43 Å². The van der Waals surface area contributed by atoms with E-state index >= 15 is 0 Å². The van der Waals surface area contributed by atoms with Gasteiger partial charge in [-0.3, -0.25) is 9.59 Å². The van der Waals surface area contributed by atoms with Gasteiger partial charge in [-0.05, 0) is 43.7 Å². The number of anilines is 1. The number of hydrogen-bond donors (Lipinski definition) is 2. The third-order valence-corrected chi connectivity index (χ3v) is 4.10. The van der Waals surface area contributed by atoms with E-state index in [-0.39, 0.29) is 18.2 Å². The van der Waals surface area contributed by atoms with Crippen LogP contribution in [0.3, 0.4) is 0 Å². The van der Waals surface area contributed by atoms with Crippen LogP contribution in [0, 0.1) is 6.92 Å².